The Morgan fingerprint density at radius 2 is 1.89 bits per heavy atom. The van der Waals surface area contributed by atoms with Crippen LogP contribution in [0.15, 0.2) is 46.9 Å². The summed E-state index contributed by atoms with van der Waals surface area (Å²) in [6, 6.07) is 11.3. The van der Waals surface area contributed by atoms with Gasteiger partial charge in [-0.1, -0.05) is 18.2 Å². The van der Waals surface area contributed by atoms with Gasteiger partial charge in [-0.25, -0.2) is 4.39 Å². The number of aliphatic hydroxyl groups is 1. The summed E-state index contributed by atoms with van der Waals surface area (Å²) in [7, 11) is 0. The molecular weight excluding hydrogens is 299 g/mol. The first-order valence-corrected chi connectivity index (χ1v) is 6.27. The normalized spacial score (nSPS) is 12.2. The maximum absolute atomic E-state index is 13.2. The molecule has 1 atom stereocenters. The molecule has 94 valence electrons. The van der Waals surface area contributed by atoms with Crippen molar-refractivity contribution in [1.82, 2.24) is 0 Å². The quantitative estimate of drug-likeness (QED) is 0.908. The zero-order valence-corrected chi connectivity index (χ0v) is 11.3. The van der Waals surface area contributed by atoms with E-state index in [2.05, 4.69) is 15.9 Å². The number of hydrogen-bond acceptors (Lipinski definition) is 2. The minimum atomic E-state index is -0.645. The molecule has 0 aliphatic carbocycles. The van der Waals surface area contributed by atoms with Crippen LogP contribution in [0.5, 0.6) is 11.5 Å². The number of halogens is 2. The van der Waals surface area contributed by atoms with Gasteiger partial charge in [0.1, 0.15) is 17.3 Å². The minimum absolute atomic E-state index is 0.372. The SMILES string of the molecule is C[C@H](O)c1ccccc1Oc1cc(F)ccc1Br. The first kappa shape index (κ1) is 13.1. The van der Waals surface area contributed by atoms with Gasteiger partial charge in [0, 0.05) is 11.6 Å². The Morgan fingerprint density at radius 3 is 2.61 bits per heavy atom. The molecule has 2 rings (SSSR count). The van der Waals surface area contributed by atoms with Crippen molar-refractivity contribution in [3.8, 4) is 11.5 Å². The molecule has 0 aromatic heterocycles. The molecule has 2 aromatic rings. The standard InChI is InChI=1S/C14H12BrFO2/c1-9(17)11-4-2-3-5-13(11)18-14-8-10(16)6-7-12(14)15/h2-9,17H,1H3/t9-/m0/s1. The van der Waals surface area contributed by atoms with Gasteiger partial charge in [0.25, 0.3) is 0 Å². The fourth-order valence-electron chi connectivity index (χ4n) is 1.59. The highest BCUT2D eigenvalue weighted by atomic mass is 79.9. The second kappa shape index (κ2) is 5.50. The van der Waals surface area contributed by atoms with Gasteiger partial charge >= 0.3 is 0 Å². The van der Waals surface area contributed by atoms with Crippen LogP contribution < -0.4 is 4.74 Å². The third kappa shape index (κ3) is 2.89. The summed E-state index contributed by atoms with van der Waals surface area (Å²) in [4.78, 5) is 0. The van der Waals surface area contributed by atoms with Crippen molar-refractivity contribution in [3.63, 3.8) is 0 Å². The topological polar surface area (TPSA) is 29.5 Å². The highest BCUT2D eigenvalue weighted by Gasteiger charge is 2.11. The monoisotopic (exact) mass is 310 g/mol. The molecule has 4 heteroatoms. The molecule has 0 unspecified atom stereocenters. The van der Waals surface area contributed by atoms with Gasteiger partial charge in [-0.3, -0.25) is 0 Å². The van der Waals surface area contributed by atoms with Crippen LogP contribution in [-0.4, -0.2) is 5.11 Å². The molecular formula is C14H12BrFO2. The van der Waals surface area contributed by atoms with E-state index in [1.54, 1.807) is 31.2 Å². The van der Waals surface area contributed by atoms with Crippen LogP contribution in [0.25, 0.3) is 0 Å². The van der Waals surface area contributed by atoms with Gasteiger partial charge in [-0.05, 0) is 41.1 Å². The van der Waals surface area contributed by atoms with Crippen molar-refractivity contribution >= 4 is 15.9 Å². The van der Waals surface area contributed by atoms with Crippen LogP contribution in [0.3, 0.4) is 0 Å². The van der Waals surface area contributed by atoms with Crippen LogP contribution in [-0.2, 0) is 0 Å². The Bertz CT molecular complexity index is 555. The first-order valence-electron chi connectivity index (χ1n) is 5.48. The number of ether oxygens (including phenoxy) is 1. The molecule has 0 saturated carbocycles. The zero-order chi connectivity index (χ0) is 13.1. The summed E-state index contributed by atoms with van der Waals surface area (Å²) < 4.78 is 19.5. The number of hydrogen-bond donors (Lipinski definition) is 1. The summed E-state index contributed by atoms with van der Waals surface area (Å²) in [5, 5.41) is 9.64. The van der Waals surface area contributed by atoms with Crippen molar-refractivity contribution in [2.75, 3.05) is 0 Å². The molecule has 0 fully saturated rings. The third-order valence-electron chi connectivity index (χ3n) is 2.48. The van der Waals surface area contributed by atoms with Crippen LogP contribution in [0.2, 0.25) is 0 Å². The average Bonchev–Trinajstić information content (AvgIpc) is 2.34. The largest absolute Gasteiger partial charge is 0.456 e. The lowest BCUT2D eigenvalue weighted by atomic mass is 10.1. The number of para-hydroxylation sites is 1. The summed E-state index contributed by atoms with van der Waals surface area (Å²) in [5.74, 6) is 0.518. The van der Waals surface area contributed by atoms with E-state index >= 15 is 0 Å². The Hall–Kier alpha value is -1.39. The Balaban J connectivity index is 2.37. The van der Waals surface area contributed by atoms with E-state index in [1.165, 1.54) is 12.1 Å². The van der Waals surface area contributed by atoms with E-state index < -0.39 is 6.10 Å². The van der Waals surface area contributed by atoms with E-state index in [-0.39, 0.29) is 5.82 Å². The molecule has 0 aliphatic heterocycles. The fourth-order valence-corrected chi connectivity index (χ4v) is 1.92. The molecule has 0 heterocycles. The summed E-state index contributed by atoms with van der Waals surface area (Å²) in [6.45, 7) is 1.66. The molecule has 0 spiro atoms. The summed E-state index contributed by atoms with van der Waals surface area (Å²) in [6.07, 6.45) is -0.645. The Morgan fingerprint density at radius 1 is 1.17 bits per heavy atom. The molecule has 2 nitrogen and oxygen atoms in total. The van der Waals surface area contributed by atoms with Crippen molar-refractivity contribution in [2.24, 2.45) is 0 Å². The highest BCUT2D eigenvalue weighted by Crippen LogP contribution is 2.33. The number of aliphatic hydroxyl groups excluding tert-OH is 1. The Labute approximate surface area is 113 Å². The third-order valence-corrected chi connectivity index (χ3v) is 3.14. The Kier molecular flexibility index (Phi) is 3.99. The predicted octanol–water partition coefficient (Wildman–Crippen LogP) is 4.43. The van der Waals surface area contributed by atoms with Crippen LogP contribution in [0.4, 0.5) is 4.39 Å². The average molecular weight is 311 g/mol. The summed E-state index contributed by atoms with van der Waals surface area (Å²) in [5.41, 5.74) is 0.661. The fraction of sp³-hybridized carbons (Fsp3) is 0.143. The lowest BCUT2D eigenvalue weighted by molar-refractivity contribution is 0.195. The van der Waals surface area contributed by atoms with Gasteiger partial charge in [0.05, 0.1) is 10.6 Å². The van der Waals surface area contributed by atoms with Gasteiger partial charge in [0.2, 0.25) is 0 Å². The molecule has 0 bridgehead atoms. The van der Waals surface area contributed by atoms with Crippen molar-refractivity contribution < 1.29 is 14.2 Å². The van der Waals surface area contributed by atoms with Crippen molar-refractivity contribution in [2.45, 2.75) is 13.0 Å². The lowest BCUT2D eigenvalue weighted by Crippen LogP contribution is -1.96. The molecule has 1 N–H and O–H groups in total. The van der Waals surface area contributed by atoms with Gasteiger partial charge < -0.3 is 9.84 Å². The lowest BCUT2D eigenvalue weighted by Gasteiger charge is -2.13. The van der Waals surface area contributed by atoms with Crippen LogP contribution in [0, 0.1) is 5.82 Å². The van der Waals surface area contributed by atoms with Crippen LogP contribution in [0.1, 0.15) is 18.6 Å². The van der Waals surface area contributed by atoms with Crippen molar-refractivity contribution in [1.29, 1.82) is 0 Å². The molecule has 18 heavy (non-hydrogen) atoms. The second-order valence-electron chi connectivity index (χ2n) is 3.89. The van der Waals surface area contributed by atoms with E-state index in [0.29, 0.717) is 21.5 Å². The molecule has 0 saturated heterocycles. The predicted molar refractivity (Wildman–Crippen MR) is 71.2 cm³/mol. The van der Waals surface area contributed by atoms with Crippen molar-refractivity contribution in [3.05, 3.63) is 58.3 Å². The molecule has 0 radical (unpaired) electrons. The maximum atomic E-state index is 13.2. The highest BCUT2D eigenvalue weighted by molar-refractivity contribution is 9.10. The van der Waals surface area contributed by atoms with Crippen LogP contribution >= 0.6 is 15.9 Å². The van der Waals surface area contributed by atoms with Gasteiger partial charge in [0.15, 0.2) is 0 Å². The number of benzene rings is 2. The van der Waals surface area contributed by atoms with Gasteiger partial charge in [-0.2, -0.15) is 0 Å². The number of rotatable bonds is 3. The first-order chi connectivity index (χ1) is 8.58. The smallest absolute Gasteiger partial charge is 0.144 e. The van der Waals surface area contributed by atoms with Gasteiger partial charge in [-0.15, -0.1) is 0 Å². The molecule has 2 aromatic carbocycles. The zero-order valence-electron chi connectivity index (χ0n) is 9.73. The van der Waals surface area contributed by atoms with E-state index in [9.17, 15) is 9.50 Å². The van der Waals surface area contributed by atoms with E-state index in [1.807, 2.05) is 6.07 Å². The molecule has 0 aliphatic rings. The van der Waals surface area contributed by atoms with E-state index in [4.69, 9.17) is 4.74 Å². The minimum Gasteiger partial charge on any atom is -0.456 e. The van der Waals surface area contributed by atoms with E-state index in [0.717, 1.165) is 0 Å². The molecule has 0 amide bonds. The maximum Gasteiger partial charge on any atom is 0.144 e. The summed E-state index contributed by atoms with van der Waals surface area (Å²) >= 11 is 3.30. The second-order valence-corrected chi connectivity index (χ2v) is 4.74.